The lowest BCUT2D eigenvalue weighted by Crippen LogP contribution is -2.11. The van der Waals surface area contributed by atoms with E-state index in [1.807, 2.05) is 30.3 Å². The highest BCUT2D eigenvalue weighted by molar-refractivity contribution is 6.30. The van der Waals surface area contributed by atoms with Gasteiger partial charge in [0.25, 0.3) is 0 Å². The van der Waals surface area contributed by atoms with Crippen LogP contribution in [0.3, 0.4) is 0 Å². The average molecular weight is 288 g/mol. The lowest BCUT2D eigenvalue weighted by atomic mass is 10.1. The number of benzene rings is 2. The molecule has 0 saturated carbocycles. The van der Waals surface area contributed by atoms with Gasteiger partial charge in [0.1, 0.15) is 0 Å². The van der Waals surface area contributed by atoms with Crippen molar-refractivity contribution < 1.29 is 10.0 Å². The van der Waals surface area contributed by atoms with Crippen LogP contribution < -0.4 is 0 Å². The fourth-order valence-corrected chi connectivity index (χ4v) is 1.81. The average Bonchev–Trinajstić information content (AvgIpc) is 2.46. The third-order valence-electron chi connectivity index (χ3n) is 2.71. The Hall–Kier alpha value is -2.10. The predicted octanol–water partition coefficient (Wildman–Crippen LogP) is 3.93. The molecule has 2 aromatic rings. The van der Waals surface area contributed by atoms with Gasteiger partial charge in [0.15, 0.2) is 5.78 Å². The van der Waals surface area contributed by atoms with E-state index in [2.05, 4.69) is 0 Å². The number of hydrogen-bond donors (Lipinski definition) is 1. The molecule has 0 bridgehead atoms. The third kappa shape index (κ3) is 4.23. The molecule has 2 aromatic carbocycles. The summed E-state index contributed by atoms with van der Waals surface area (Å²) in [5.41, 5.74) is 1.48. The zero-order valence-electron chi connectivity index (χ0n) is 10.7. The number of rotatable bonds is 5. The lowest BCUT2D eigenvalue weighted by Gasteiger charge is -2.11. The van der Waals surface area contributed by atoms with E-state index in [1.54, 1.807) is 24.3 Å². The number of allylic oxidation sites excluding steroid dienone is 1. The van der Waals surface area contributed by atoms with Crippen LogP contribution >= 0.6 is 11.6 Å². The fourth-order valence-electron chi connectivity index (χ4n) is 1.69. The molecule has 0 atom stereocenters. The van der Waals surface area contributed by atoms with Crippen LogP contribution in [0.2, 0.25) is 5.02 Å². The summed E-state index contributed by atoms with van der Waals surface area (Å²) in [5.74, 6) is -0.186. The summed E-state index contributed by atoms with van der Waals surface area (Å²) >= 11 is 5.76. The second-order valence-corrected chi connectivity index (χ2v) is 4.71. The normalized spacial score (nSPS) is 10.7. The Balaban J connectivity index is 1.95. The molecule has 3 nitrogen and oxygen atoms in total. The monoisotopic (exact) mass is 287 g/mol. The van der Waals surface area contributed by atoms with Gasteiger partial charge < -0.3 is 0 Å². The third-order valence-corrected chi connectivity index (χ3v) is 2.97. The molecule has 20 heavy (non-hydrogen) atoms. The minimum absolute atomic E-state index is 0.186. The first-order valence-corrected chi connectivity index (χ1v) is 6.50. The Bertz CT molecular complexity index is 594. The molecule has 4 heteroatoms. The van der Waals surface area contributed by atoms with E-state index in [9.17, 15) is 10.0 Å². The van der Waals surface area contributed by atoms with E-state index in [0.717, 1.165) is 10.6 Å². The minimum atomic E-state index is -0.186. The quantitative estimate of drug-likeness (QED) is 0.515. The predicted molar refractivity (Wildman–Crippen MR) is 78.7 cm³/mol. The molecular weight excluding hydrogens is 274 g/mol. The van der Waals surface area contributed by atoms with Crippen molar-refractivity contribution >= 4 is 17.4 Å². The number of halogens is 1. The first kappa shape index (κ1) is 14.3. The van der Waals surface area contributed by atoms with E-state index < -0.39 is 0 Å². The Morgan fingerprint density at radius 3 is 2.40 bits per heavy atom. The zero-order chi connectivity index (χ0) is 14.4. The summed E-state index contributed by atoms with van der Waals surface area (Å²) < 4.78 is 0. The van der Waals surface area contributed by atoms with Crippen LogP contribution in [0.1, 0.15) is 15.9 Å². The molecule has 0 fully saturated rings. The van der Waals surface area contributed by atoms with Crippen LogP contribution in [0, 0.1) is 0 Å². The summed E-state index contributed by atoms with van der Waals surface area (Å²) in [6.07, 6.45) is 2.68. The number of nitrogens with zero attached hydrogens (tertiary/aromatic N) is 1. The lowest BCUT2D eigenvalue weighted by molar-refractivity contribution is -0.0491. The van der Waals surface area contributed by atoms with E-state index in [1.165, 1.54) is 12.3 Å². The highest BCUT2D eigenvalue weighted by Gasteiger charge is 2.02. The topological polar surface area (TPSA) is 40.5 Å². The van der Waals surface area contributed by atoms with E-state index in [0.29, 0.717) is 17.1 Å². The number of hydrogen-bond acceptors (Lipinski definition) is 3. The van der Waals surface area contributed by atoms with Gasteiger partial charge in [-0.1, -0.05) is 41.9 Å². The smallest absolute Gasteiger partial charge is 0.187 e. The maximum Gasteiger partial charge on any atom is 0.187 e. The molecule has 0 spiro atoms. The van der Waals surface area contributed by atoms with Crippen molar-refractivity contribution in [3.8, 4) is 0 Å². The van der Waals surface area contributed by atoms with E-state index in [-0.39, 0.29) is 5.78 Å². The summed E-state index contributed by atoms with van der Waals surface area (Å²) in [4.78, 5) is 11.8. The molecule has 0 unspecified atom stereocenters. The summed E-state index contributed by atoms with van der Waals surface area (Å²) in [6, 6.07) is 16.1. The molecule has 0 aliphatic carbocycles. The van der Waals surface area contributed by atoms with Gasteiger partial charge in [-0.2, -0.15) is 0 Å². The first-order chi connectivity index (χ1) is 9.65. The van der Waals surface area contributed by atoms with Crippen LogP contribution in [0.25, 0.3) is 0 Å². The van der Waals surface area contributed by atoms with Crippen LogP contribution in [0.4, 0.5) is 0 Å². The van der Waals surface area contributed by atoms with Crippen LogP contribution in [0.5, 0.6) is 0 Å². The molecule has 0 aromatic heterocycles. The minimum Gasteiger partial charge on any atom is -0.289 e. The van der Waals surface area contributed by atoms with E-state index >= 15 is 0 Å². The number of ketones is 1. The summed E-state index contributed by atoms with van der Waals surface area (Å²) in [5, 5.41) is 11.3. The van der Waals surface area contributed by atoms with Gasteiger partial charge in [0.05, 0.1) is 6.54 Å². The van der Waals surface area contributed by atoms with Gasteiger partial charge >= 0.3 is 0 Å². The second-order valence-electron chi connectivity index (χ2n) is 4.27. The number of hydroxylamine groups is 2. The zero-order valence-corrected chi connectivity index (χ0v) is 11.5. The molecule has 0 amide bonds. The molecule has 0 heterocycles. The number of carbonyl (C=O) groups is 1. The molecule has 1 N–H and O–H groups in total. The first-order valence-electron chi connectivity index (χ1n) is 6.13. The van der Waals surface area contributed by atoms with Crippen molar-refractivity contribution in [1.82, 2.24) is 5.06 Å². The van der Waals surface area contributed by atoms with Gasteiger partial charge in [0, 0.05) is 22.9 Å². The van der Waals surface area contributed by atoms with Crippen molar-refractivity contribution in [3.05, 3.63) is 83.0 Å². The van der Waals surface area contributed by atoms with E-state index in [4.69, 9.17) is 11.6 Å². The Morgan fingerprint density at radius 1 is 1.10 bits per heavy atom. The molecule has 0 aliphatic heterocycles. The fraction of sp³-hybridized carbons (Fsp3) is 0.0625. The summed E-state index contributed by atoms with van der Waals surface area (Å²) in [6.45, 7) is 0.325. The van der Waals surface area contributed by atoms with Crippen LogP contribution in [0.15, 0.2) is 66.9 Å². The van der Waals surface area contributed by atoms with Crippen molar-refractivity contribution in [1.29, 1.82) is 0 Å². The van der Waals surface area contributed by atoms with Crippen molar-refractivity contribution in [3.63, 3.8) is 0 Å². The molecule has 0 saturated heterocycles. The Morgan fingerprint density at radius 2 is 1.75 bits per heavy atom. The second kappa shape index (κ2) is 6.89. The van der Waals surface area contributed by atoms with Crippen molar-refractivity contribution in [2.45, 2.75) is 6.54 Å². The van der Waals surface area contributed by atoms with Gasteiger partial charge in [-0.15, -0.1) is 0 Å². The summed E-state index contributed by atoms with van der Waals surface area (Å²) in [7, 11) is 0. The van der Waals surface area contributed by atoms with Gasteiger partial charge in [-0.25, -0.2) is 0 Å². The Kier molecular flexibility index (Phi) is 4.93. The molecule has 2 rings (SSSR count). The molecule has 102 valence electrons. The highest BCUT2D eigenvalue weighted by Crippen LogP contribution is 2.10. The Labute approximate surface area is 122 Å². The maximum absolute atomic E-state index is 11.8. The molecular formula is C16H14ClNO2. The van der Waals surface area contributed by atoms with Crippen molar-refractivity contribution in [2.24, 2.45) is 0 Å². The largest absolute Gasteiger partial charge is 0.289 e. The highest BCUT2D eigenvalue weighted by atomic mass is 35.5. The number of carbonyl (C=O) groups excluding carboxylic acids is 1. The van der Waals surface area contributed by atoms with Crippen LogP contribution in [-0.4, -0.2) is 16.1 Å². The van der Waals surface area contributed by atoms with Gasteiger partial charge in [0.2, 0.25) is 0 Å². The molecule has 0 aliphatic rings. The molecule has 0 radical (unpaired) electrons. The SMILES string of the molecule is O=C(/C=C\N(O)Cc1ccccc1)c1ccc(Cl)cc1. The van der Waals surface area contributed by atoms with Crippen LogP contribution in [-0.2, 0) is 6.54 Å². The van der Waals surface area contributed by atoms with Gasteiger partial charge in [-0.3, -0.25) is 15.1 Å². The maximum atomic E-state index is 11.8. The van der Waals surface area contributed by atoms with Gasteiger partial charge in [-0.05, 0) is 29.8 Å². The van der Waals surface area contributed by atoms with Crippen molar-refractivity contribution in [2.75, 3.05) is 0 Å². The standard InChI is InChI=1S/C16H14ClNO2/c17-15-8-6-14(7-9-15)16(19)10-11-18(20)12-13-4-2-1-3-5-13/h1-11,20H,12H2/b11-10-.